The molecule has 284 valence electrons. The molecule has 5 atom stereocenters. The fourth-order valence-electron chi connectivity index (χ4n) is 4.36. The van der Waals surface area contributed by atoms with E-state index in [-0.39, 0.29) is 0 Å². The van der Waals surface area contributed by atoms with Gasteiger partial charge in [-0.1, -0.05) is 13.8 Å². The Kier molecular flexibility index (Phi) is 14.9. The number of urea groups is 1. The van der Waals surface area contributed by atoms with Crippen molar-refractivity contribution < 1.29 is 75.2 Å². The number of carbonyl (C=O) groups is 4. The number of carbonyl (C=O) groups excluding carboxylic acids is 4. The molecule has 1 aromatic rings. The number of hydrogen-bond donors (Lipinski definition) is 4. The number of ether oxygens (including phenoxy) is 6. The molecule has 0 bridgehead atoms. The van der Waals surface area contributed by atoms with Crippen molar-refractivity contribution in [1.29, 1.82) is 0 Å². The van der Waals surface area contributed by atoms with Crippen LogP contribution in [0.5, 0.6) is 0 Å². The van der Waals surface area contributed by atoms with E-state index >= 15 is 4.39 Å². The summed E-state index contributed by atoms with van der Waals surface area (Å²) in [5.41, 5.74) is -1.99. The van der Waals surface area contributed by atoms with Gasteiger partial charge in [0.15, 0.2) is 17.9 Å². The van der Waals surface area contributed by atoms with Crippen molar-refractivity contribution in [2.75, 3.05) is 26.9 Å². The molecule has 1 unspecified atom stereocenters. The van der Waals surface area contributed by atoms with Crippen molar-refractivity contribution in [2.45, 2.75) is 90.2 Å². The molecule has 50 heavy (non-hydrogen) atoms. The summed E-state index contributed by atoms with van der Waals surface area (Å²) in [5.74, 6) is -1.91. The van der Waals surface area contributed by atoms with E-state index in [4.69, 9.17) is 38.3 Å². The predicted octanol–water partition coefficient (Wildman–Crippen LogP) is 1.33. The van der Waals surface area contributed by atoms with Gasteiger partial charge in [0.05, 0.1) is 18.8 Å². The highest BCUT2D eigenvalue weighted by Crippen LogP contribution is 2.53. The lowest BCUT2D eigenvalue weighted by atomic mass is 9.88. The molecule has 1 aliphatic rings. The zero-order chi connectivity index (χ0) is 38.0. The molecule has 0 spiro atoms. The molecule has 0 radical (unpaired) electrons. The molecular formula is C27H42FN4O17P. The van der Waals surface area contributed by atoms with E-state index in [2.05, 4.69) is 14.8 Å². The maximum absolute atomic E-state index is 15.3. The number of aromatic nitrogens is 2. The summed E-state index contributed by atoms with van der Waals surface area (Å²) in [6.45, 7) is 4.75. The van der Waals surface area contributed by atoms with Crippen LogP contribution in [0.1, 0.15) is 54.7 Å². The Hall–Kier alpha value is -4.08. The number of nitrogens with one attached hydrogen (secondary N) is 2. The second-order valence-electron chi connectivity index (χ2n) is 11.8. The Balaban J connectivity index is 2.52. The number of phosphoric ester groups is 1. The lowest BCUT2D eigenvalue weighted by Gasteiger charge is -2.35. The molecule has 0 saturated carbocycles. The smallest absolute Gasteiger partial charge is 0.454 e. The van der Waals surface area contributed by atoms with Gasteiger partial charge in [0.1, 0.15) is 18.3 Å². The van der Waals surface area contributed by atoms with Gasteiger partial charge in [-0.25, -0.2) is 42.0 Å². The van der Waals surface area contributed by atoms with Gasteiger partial charge < -0.3 is 44.6 Å². The molecule has 2 rings (SSSR count). The summed E-state index contributed by atoms with van der Waals surface area (Å²) in [6, 6.07) is -1.69. The van der Waals surface area contributed by atoms with Crippen molar-refractivity contribution in [3.05, 3.63) is 33.1 Å². The zero-order valence-electron chi connectivity index (χ0n) is 28.3. The third-order valence-corrected chi connectivity index (χ3v) is 7.83. The van der Waals surface area contributed by atoms with Gasteiger partial charge in [0.25, 0.3) is 5.56 Å². The van der Waals surface area contributed by atoms with Crippen LogP contribution in [0.4, 0.5) is 18.8 Å². The van der Waals surface area contributed by atoms with E-state index in [1.807, 2.05) is 4.98 Å². The fourth-order valence-corrected chi connectivity index (χ4v) is 5.33. The van der Waals surface area contributed by atoms with E-state index in [9.17, 15) is 38.4 Å². The number of esters is 1. The Labute approximate surface area is 284 Å². The number of rotatable bonds is 17. The van der Waals surface area contributed by atoms with Gasteiger partial charge in [-0.05, 0) is 40.5 Å². The summed E-state index contributed by atoms with van der Waals surface area (Å²) in [4.78, 5) is 74.9. The van der Waals surface area contributed by atoms with Crippen LogP contribution in [-0.4, -0.2) is 101 Å². The monoisotopic (exact) mass is 744 g/mol. The maximum atomic E-state index is 15.3. The third kappa shape index (κ3) is 11.5. The topological polar surface area (TPSA) is 282 Å². The highest BCUT2D eigenvalue weighted by atomic mass is 31.2. The number of H-pyrrole nitrogens is 1. The molecular weight excluding hydrogens is 702 g/mol. The van der Waals surface area contributed by atoms with Gasteiger partial charge in [-0.3, -0.25) is 18.9 Å². The number of alkyl halides is 1. The number of nitrogens with two attached hydrogens (primary N) is 1. The van der Waals surface area contributed by atoms with Crippen LogP contribution in [0.2, 0.25) is 0 Å². The summed E-state index contributed by atoms with van der Waals surface area (Å²) in [7, 11) is -5.10. The highest BCUT2D eigenvalue weighted by Gasteiger charge is 2.66. The SMILES string of the molecule is CC(C)OC(=O)OCOP(=O)(OCOC(=O)OC(C)C)OC[C@@]1(CF)O[C@@H](n2ccc(=O)[nH]c2=O)[C@](C)(O)[C@@H]1OC(=O)C(NC(N)=O)C(C)C. The molecule has 2 amide bonds. The molecule has 5 N–H and O–H groups in total. The minimum Gasteiger partial charge on any atom is -0.454 e. The number of hydrogen-bond acceptors (Lipinski definition) is 17. The van der Waals surface area contributed by atoms with Gasteiger partial charge in [-0.15, -0.1) is 0 Å². The first-order valence-electron chi connectivity index (χ1n) is 14.9. The quantitative estimate of drug-likeness (QED) is 0.0757. The molecule has 21 nitrogen and oxygen atoms in total. The lowest BCUT2D eigenvalue weighted by Crippen LogP contribution is -2.58. The first kappa shape index (κ1) is 42.1. The maximum Gasteiger partial charge on any atom is 0.510 e. The van der Waals surface area contributed by atoms with Crippen LogP contribution in [-0.2, 0) is 51.4 Å². The Morgan fingerprint density at radius 3 is 2.02 bits per heavy atom. The van der Waals surface area contributed by atoms with E-state index < -0.39 is 118 Å². The first-order chi connectivity index (χ1) is 23.2. The normalized spacial score (nSPS) is 22.6. The van der Waals surface area contributed by atoms with Crippen LogP contribution >= 0.6 is 7.82 Å². The van der Waals surface area contributed by atoms with Crippen molar-refractivity contribution in [2.24, 2.45) is 11.7 Å². The van der Waals surface area contributed by atoms with Gasteiger partial charge in [0, 0.05) is 12.3 Å². The molecule has 1 saturated heterocycles. The predicted molar refractivity (Wildman–Crippen MR) is 163 cm³/mol. The van der Waals surface area contributed by atoms with Crippen LogP contribution in [0, 0.1) is 5.92 Å². The average Bonchev–Trinajstić information content (AvgIpc) is 3.20. The number of aliphatic hydroxyl groups is 1. The molecule has 23 heteroatoms. The number of phosphoric acid groups is 1. The summed E-state index contributed by atoms with van der Waals surface area (Å²) < 4.78 is 74.9. The molecule has 0 aromatic carbocycles. The van der Waals surface area contributed by atoms with Crippen LogP contribution in [0.3, 0.4) is 0 Å². The largest absolute Gasteiger partial charge is 0.510 e. The number of amides is 2. The number of primary amides is 1. The Morgan fingerprint density at radius 2 is 1.58 bits per heavy atom. The van der Waals surface area contributed by atoms with Crippen molar-refractivity contribution >= 4 is 32.1 Å². The van der Waals surface area contributed by atoms with E-state index in [0.717, 1.165) is 19.2 Å². The van der Waals surface area contributed by atoms with Crippen molar-refractivity contribution in [1.82, 2.24) is 14.9 Å². The van der Waals surface area contributed by atoms with E-state index in [0.29, 0.717) is 4.57 Å². The first-order valence-corrected chi connectivity index (χ1v) is 16.4. The Bertz CT molecular complexity index is 1480. The van der Waals surface area contributed by atoms with Crippen LogP contribution in [0.25, 0.3) is 0 Å². The second kappa shape index (κ2) is 17.7. The minimum absolute atomic E-state index is 0.616. The average molecular weight is 745 g/mol. The number of nitrogens with zero attached hydrogens (tertiary/aromatic N) is 1. The highest BCUT2D eigenvalue weighted by molar-refractivity contribution is 7.48. The minimum atomic E-state index is -5.10. The standard InChI is InChI=1S/C27H42FN4O17P/c1-14(2)18(31-22(29)35)19(34)48-20-26(7,39)21(32-9-8-17(33)30-23(32)36)49-27(20,10-28)11-43-50(40,44-12-41-24(37)46-15(3)4)45-13-42-25(38)47-16(5)6/h8-9,14-16,18,20-21,39H,10-13H2,1-7H3,(H3,29,31,35)(H,30,33,36)/t18?,20-,21+,26+,27+/m0/s1. The van der Waals surface area contributed by atoms with Crippen LogP contribution < -0.4 is 22.3 Å². The van der Waals surface area contributed by atoms with E-state index in [1.54, 1.807) is 0 Å². The lowest BCUT2D eigenvalue weighted by molar-refractivity contribution is -0.178. The summed E-state index contributed by atoms with van der Waals surface area (Å²) >= 11 is 0. The fraction of sp³-hybridized carbons (Fsp3) is 0.704. The molecule has 1 aromatic heterocycles. The molecule has 2 heterocycles. The Morgan fingerprint density at radius 1 is 1.04 bits per heavy atom. The van der Waals surface area contributed by atoms with Gasteiger partial charge in [0.2, 0.25) is 13.6 Å². The van der Waals surface area contributed by atoms with Gasteiger partial charge in [-0.2, -0.15) is 0 Å². The second-order valence-corrected chi connectivity index (χ2v) is 13.5. The van der Waals surface area contributed by atoms with Crippen LogP contribution in [0.15, 0.2) is 21.9 Å². The van der Waals surface area contributed by atoms with Crippen molar-refractivity contribution in [3.8, 4) is 0 Å². The van der Waals surface area contributed by atoms with E-state index in [1.165, 1.54) is 41.5 Å². The number of aromatic amines is 1. The summed E-state index contributed by atoms with van der Waals surface area (Å²) in [5, 5.41) is 13.9. The zero-order valence-corrected chi connectivity index (χ0v) is 29.2. The number of halogens is 1. The third-order valence-electron chi connectivity index (χ3n) is 6.54. The molecule has 0 aliphatic carbocycles. The van der Waals surface area contributed by atoms with Gasteiger partial charge >= 0.3 is 37.8 Å². The molecule has 1 fully saturated rings. The molecule has 1 aliphatic heterocycles. The summed E-state index contributed by atoms with van der Waals surface area (Å²) in [6.07, 6.45) is -6.92. The van der Waals surface area contributed by atoms with Crippen molar-refractivity contribution in [3.63, 3.8) is 0 Å².